The molecular weight excluding hydrogens is 162 g/mol. The van der Waals surface area contributed by atoms with Gasteiger partial charge in [-0.05, 0) is 13.0 Å². The molecule has 68 valence electrons. The summed E-state index contributed by atoms with van der Waals surface area (Å²) in [5.41, 5.74) is 0. The maximum Gasteiger partial charge on any atom is 0.390 e. The summed E-state index contributed by atoms with van der Waals surface area (Å²) in [6.45, 7) is -0.297. The van der Waals surface area contributed by atoms with Crippen molar-refractivity contribution in [2.45, 2.75) is 19.0 Å². The number of nitrogens with one attached hydrogen (secondary N) is 1. The second-order valence-electron chi connectivity index (χ2n) is 2.16. The Labute approximate surface area is 62.8 Å². The van der Waals surface area contributed by atoms with E-state index in [2.05, 4.69) is 5.32 Å². The van der Waals surface area contributed by atoms with Gasteiger partial charge in [-0.3, -0.25) is 4.39 Å². The van der Waals surface area contributed by atoms with Gasteiger partial charge in [0.2, 0.25) is 0 Å². The molecule has 0 saturated carbocycles. The second kappa shape index (κ2) is 5.35. The Bertz CT molecular complexity index is 91.1. The van der Waals surface area contributed by atoms with Gasteiger partial charge in [0.15, 0.2) is 0 Å². The van der Waals surface area contributed by atoms with E-state index < -0.39 is 19.3 Å². The summed E-state index contributed by atoms with van der Waals surface area (Å²) < 4.78 is 45.7. The van der Waals surface area contributed by atoms with Gasteiger partial charge in [0.05, 0.1) is 13.1 Å². The predicted molar refractivity (Wildman–Crippen MR) is 34.1 cm³/mol. The summed E-state index contributed by atoms with van der Waals surface area (Å²) >= 11 is 0. The average Bonchev–Trinajstić information content (AvgIpc) is 1.85. The molecule has 0 radical (unpaired) electrons. The Balaban J connectivity index is 3.02. The Morgan fingerprint density at radius 2 is 1.73 bits per heavy atom. The van der Waals surface area contributed by atoms with Gasteiger partial charge in [0.25, 0.3) is 0 Å². The highest BCUT2D eigenvalue weighted by atomic mass is 19.4. The molecule has 0 fully saturated rings. The first-order valence-electron chi connectivity index (χ1n) is 3.39. The molecule has 0 saturated heterocycles. The molecule has 5 heteroatoms. The van der Waals surface area contributed by atoms with Gasteiger partial charge < -0.3 is 5.32 Å². The SMILES string of the molecule is FCCCNCCC(F)(F)F. The number of alkyl halides is 4. The fourth-order valence-electron chi connectivity index (χ4n) is 0.547. The highest BCUT2D eigenvalue weighted by Crippen LogP contribution is 2.17. The molecule has 0 amide bonds. The van der Waals surface area contributed by atoms with Gasteiger partial charge in [-0.15, -0.1) is 0 Å². The molecule has 0 aromatic rings. The standard InChI is InChI=1S/C6H11F4N/c7-3-1-4-11-5-2-6(8,9)10/h11H,1-5H2. The van der Waals surface area contributed by atoms with E-state index in [1.54, 1.807) is 0 Å². The average molecular weight is 173 g/mol. The molecule has 0 rings (SSSR count). The molecule has 11 heavy (non-hydrogen) atoms. The largest absolute Gasteiger partial charge is 0.390 e. The highest BCUT2D eigenvalue weighted by molar-refractivity contribution is 4.54. The molecule has 1 nitrogen and oxygen atoms in total. The molecule has 0 aliphatic heterocycles. The molecule has 0 aromatic carbocycles. The zero-order chi connectivity index (χ0) is 8.74. The topological polar surface area (TPSA) is 12.0 Å². The van der Waals surface area contributed by atoms with Crippen molar-refractivity contribution in [2.24, 2.45) is 0 Å². The van der Waals surface area contributed by atoms with Gasteiger partial charge >= 0.3 is 6.18 Å². The highest BCUT2D eigenvalue weighted by Gasteiger charge is 2.25. The lowest BCUT2D eigenvalue weighted by molar-refractivity contribution is -0.133. The van der Waals surface area contributed by atoms with E-state index in [-0.39, 0.29) is 13.0 Å². The van der Waals surface area contributed by atoms with Gasteiger partial charge in [-0.2, -0.15) is 13.2 Å². The van der Waals surface area contributed by atoms with Crippen molar-refractivity contribution in [3.8, 4) is 0 Å². The van der Waals surface area contributed by atoms with Gasteiger partial charge in [0.1, 0.15) is 0 Å². The van der Waals surface area contributed by atoms with E-state index in [1.807, 2.05) is 0 Å². The summed E-state index contributed by atoms with van der Waals surface area (Å²) in [6.07, 6.45) is -4.68. The van der Waals surface area contributed by atoms with Crippen LogP contribution in [0, 0.1) is 0 Å². The number of hydrogen-bond acceptors (Lipinski definition) is 1. The first-order valence-corrected chi connectivity index (χ1v) is 3.39. The van der Waals surface area contributed by atoms with E-state index in [1.165, 1.54) is 0 Å². The van der Waals surface area contributed by atoms with Crippen molar-refractivity contribution in [1.29, 1.82) is 0 Å². The van der Waals surface area contributed by atoms with E-state index in [0.717, 1.165) is 0 Å². The molecule has 0 bridgehead atoms. The summed E-state index contributed by atoms with van der Waals surface area (Å²) in [5, 5.41) is 2.48. The normalized spacial score (nSPS) is 12.0. The van der Waals surface area contributed by atoms with Crippen LogP contribution in [0.2, 0.25) is 0 Å². The van der Waals surface area contributed by atoms with Crippen LogP contribution in [0.5, 0.6) is 0 Å². The van der Waals surface area contributed by atoms with Gasteiger partial charge in [-0.1, -0.05) is 0 Å². The molecular formula is C6H11F4N. The van der Waals surface area contributed by atoms with E-state index in [0.29, 0.717) is 6.54 Å². The monoisotopic (exact) mass is 173 g/mol. The number of halogens is 4. The van der Waals surface area contributed by atoms with Gasteiger partial charge in [0, 0.05) is 6.54 Å². The van der Waals surface area contributed by atoms with Crippen LogP contribution in [0.3, 0.4) is 0 Å². The van der Waals surface area contributed by atoms with Crippen molar-refractivity contribution >= 4 is 0 Å². The predicted octanol–water partition coefficient (Wildman–Crippen LogP) is 1.89. The third kappa shape index (κ3) is 9.68. The molecule has 0 aliphatic rings. The fraction of sp³-hybridized carbons (Fsp3) is 1.00. The van der Waals surface area contributed by atoms with E-state index in [4.69, 9.17) is 0 Å². The lowest BCUT2D eigenvalue weighted by Crippen LogP contribution is -2.22. The van der Waals surface area contributed by atoms with Crippen LogP contribution in [0.4, 0.5) is 17.6 Å². The lowest BCUT2D eigenvalue weighted by atomic mass is 10.4. The lowest BCUT2D eigenvalue weighted by Gasteiger charge is -2.06. The Kier molecular flexibility index (Phi) is 5.19. The molecule has 0 aliphatic carbocycles. The van der Waals surface area contributed by atoms with Crippen LogP contribution in [0.15, 0.2) is 0 Å². The fourth-order valence-corrected chi connectivity index (χ4v) is 0.547. The van der Waals surface area contributed by atoms with Crippen LogP contribution in [-0.2, 0) is 0 Å². The van der Waals surface area contributed by atoms with Gasteiger partial charge in [-0.25, -0.2) is 0 Å². The van der Waals surface area contributed by atoms with Crippen molar-refractivity contribution in [3.05, 3.63) is 0 Å². The zero-order valence-corrected chi connectivity index (χ0v) is 6.05. The molecule has 0 spiro atoms. The van der Waals surface area contributed by atoms with Crippen molar-refractivity contribution < 1.29 is 17.6 Å². The molecule has 0 unspecified atom stereocenters. The molecule has 0 aromatic heterocycles. The maximum absolute atomic E-state index is 11.5. The molecule has 0 atom stereocenters. The van der Waals surface area contributed by atoms with Crippen LogP contribution in [0.25, 0.3) is 0 Å². The first kappa shape index (κ1) is 10.7. The summed E-state index contributed by atoms with van der Waals surface area (Å²) in [7, 11) is 0. The third-order valence-corrected chi connectivity index (χ3v) is 1.07. The maximum atomic E-state index is 11.5. The van der Waals surface area contributed by atoms with Crippen LogP contribution in [0.1, 0.15) is 12.8 Å². The quantitative estimate of drug-likeness (QED) is 0.494. The minimum Gasteiger partial charge on any atom is -0.316 e. The van der Waals surface area contributed by atoms with Crippen molar-refractivity contribution in [3.63, 3.8) is 0 Å². The van der Waals surface area contributed by atoms with Crippen LogP contribution >= 0.6 is 0 Å². The first-order chi connectivity index (χ1) is 5.06. The summed E-state index contributed by atoms with van der Waals surface area (Å²) in [6, 6.07) is 0. The van der Waals surface area contributed by atoms with E-state index in [9.17, 15) is 17.6 Å². The Morgan fingerprint density at radius 3 is 2.18 bits per heavy atom. The minimum atomic E-state index is -4.11. The molecule has 1 N–H and O–H groups in total. The summed E-state index contributed by atoms with van der Waals surface area (Å²) in [5.74, 6) is 0. The smallest absolute Gasteiger partial charge is 0.316 e. The van der Waals surface area contributed by atoms with Crippen LogP contribution < -0.4 is 5.32 Å². The number of rotatable bonds is 5. The minimum absolute atomic E-state index is 0.122. The number of hydrogen-bond donors (Lipinski definition) is 1. The van der Waals surface area contributed by atoms with E-state index >= 15 is 0 Å². The van der Waals surface area contributed by atoms with Crippen molar-refractivity contribution in [2.75, 3.05) is 19.8 Å². The zero-order valence-electron chi connectivity index (χ0n) is 6.05. The molecule has 0 heterocycles. The summed E-state index contributed by atoms with van der Waals surface area (Å²) in [4.78, 5) is 0. The Hall–Kier alpha value is -0.320. The second-order valence-corrected chi connectivity index (χ2v) is 2.16. The third-order valence-electron chi connectivity index (χ3n) is 1.07. The van der Waals surface area contributed by atoms with Crippen LogP contribution in [-0.4, -0.2) is 25.9 Å². The Morgan fingerprint density at radius 1 is 1.09 bits per heavy atom. The van der Waals surface area contributed by atoms with Crippen molar-refractivity contribution in [1.82, 2.24) is 5.32 Å².